The summed E-state index contributed by atoms with van der Waals surface area (Å²) in [5.74, 6) is 0. The van der Waals surface area contributed by atoms with Gasteiger partial charge in [-0.1, -0.05) is 49.9 Å². The van der Waals surface area contributed by atoms with Crippen LogP contribution in [0.2, 0.25) is 0 Å². The number of allylic oxidation sites excluding steroid dienone is 2. The quantitative estimate of drug-likeness (QED) is 0.642. The second-order valence-electron chi connectivity index (χ2n) is 3.04. The number of hydrogen-bond acceptors (Lipinski definition) is 0. The lowest BCUT2D eigenvalue weighted by Gasteiger charge is -2.06. The lowest BCUT2D eigenvalue weighted by molar-refractivity contribution is 1.24. The van der Waals surface area contributed by atoms with Crippen LogP contribution in [-0.2, 0) is 0 Å². The Bertz CT molecular complexity index is 319. The van der Waals surface area contributed by atoms with E-state index in [0.717, 1.165) is 6.42 Å². The van der Waals surface area contributed by atoms with Crippen LogP contribution in [0.3, 0.4) is 0 Å². The lowest BCUT2D eigenvalue weighted by atomic mass is 9.99. The molecule has 68 valence electrons. The molecule has 0 aromatic heterocycles. The minimum absolute atomic E-state index is 1.01. The maximum absolute atomic E-state index is 4.05. The predicted octanol–water partition coefficient (Wildman–Crippen LogP) is 4.14. The smallest absolute Gasteiger partial charge is 0.0158 e. The Labute approximate surface area is 80.6 Å². The van der Waals surface area contributed by atoms with Gasteiger partial charge in [0.2, 0.25) is 0 Å². The van der Waals surface area contributed by atoms with E-state index in [2.05, 4.69) is 49.9 Å². The van der Waals surface area contributed by atoms with Crippen LogP contribution < -0.4 is 0 Å². The Morgan fingerprint density at radius 2 is 2.08 bits per heavy atom. The molecule has 0 atom stereocenters. The summed E-state index contributed by atoms with van der Waals surface area (Å²) in [5, 5.41) is 0. The molecule has 0 saturated heterocycles. The van der Waals surface area contributed by atoms with Gasteiger partial charge < -0.3 is 0 Å². The van der Waals surface area contributed by atoms with Gasteiger partial charge in [-0.15, -0.1) is 0 Å². The summed E-state index contributed by atoms with van der Waals surface area (Å²) in [6.45, 7) is 8.22. The minimum Gasteiger partial charge on any atom is -0.0952 e. The fraction of sp³-hybridized carbons (Fsp3) is 0.231. The van der Waals surface area contributed by atoms with E-state index in [4.69, 9.17) is 0 Å². The van der Waals surface area contributed by atoms with Gasteiger partial charge in [-0.25, -0.2) is 0 Å². The molecule has 0 radical (unpaired) electrons. The van der Waals surface area contributed by atoms with Crippen LogP contribution in [0.1, 0.15) is 31.4 Å². The average molecular weight is 172 g/mol. The van der Waals surface area contributed by atoms with Gasteiger partial charge >= 0.3 is 0 Å². The Morgan fingerprint density at radius 3 is 2.69 bits per heavy atom. The van der Waals surface area contributed by atoms with Gasteiger partial charge in [0.15, 0.2) is 0 Å². The highest BCUT2D eigenvalue weighted by molar-refractivity contribution is 5.72. The number of hydrogen-bond donors (Lipinski definition) is 0. The Kier molecular flexibility index (Phi) is 3.51. The van der Waals surface area contributed by atoms with Crippen molar-refractivity contribution in [1.82, 2.24) is 0 Å². The summed E-state index contributed by atoms with van der Waals surface area (Å²) >= 11 is 0. The van der Waals surface area contributed by atoms with Gasteiger partial charge in [-0.3, -0.25) is 0 Å². The third kappa shape index (κ3) is 2.32. The molecule has 0 aliphatic rings. The zero-order valence-electron chi connectivity index (χ0n) is 8.38. The highest BCUT2D eigenvalue weighted by Gasteiger charge is 1.99. The van der Waals surface area contributed by atoms with E-state index in [1.807, 2.05) is 6.92 Å². The molecule has 0 aliphatic carbocycles. The second kappa shape index (κ2) is 4.66. The summed E-state index contributed by atoms with van der Waals surface area (Å²) in [7, 11) is 0. The van der Waals surface area contributed by atoms with E-state index in [1.165, 1.54) is 16.7 Å². The molecular formula is C13H16. The maximum atomic E-state index is 4.05. The summed E-state index contributed by atoms with van der Waals surface area (Å²) in [6.07, 6.45) is 5.19. The van der Waals surface area contributed by atoms with E-state index in [9.17, 15) is 0 Å². The van der Waals surface area contributed by atoms with Crippen molar-refractivity contribution in [3.8, 4) is 0 Å². The molecule has 13 heavy (non-hydrogen) atoms. The van der Waals surface area contributed by atoms with Crippen molar-refractivity contribution in [3.63, 3.8) is 0 Å². The maximum Gasteiger partial charge on any atom is -0.0158 e. The van der Waals surface area contributed by atoms with Gasteiger partial charge in [-0.05, 0) is 30.0 Å². The van der Waals surface area contributed by atoms with Crippen molar-refractivity contribution in [3.05, 3.63) is 48.0 Å². The summed E-state index contributed by atoms with van der Waals surface area (Å²) in [4.78, 5) is 0. The predicted molar refractivity (Wildman–Crippen MR) is 60.5 cm³/mol. The van der Waals surface area contributed by atoms with Crippen molar-refractivity contribution >= 4 is 11.6 Å². The van der Waals surface area contributed by atoms with Crippen LogP contribution in [0.5, 0.6) is 0 Å². The van der Waals surface area contributed by atoms with Crippen molar-refractivity contribution < 1.29 is 0 Å². The third-order valence-electron chi connectivity index (χ3n) is 2.11. The fourth-order valence-corrected chi connectivity index (χ4v) is 1.33. The molecule has 0 spiro atoms. The highest BCUT2D eigenvalue weighted by Crippen LogP contribution is 2.21. The van der Waals surface area contributed by atoms with Crippen LogP contribution in [0, 0.1) is 0 Å². The molecule has 1 aromatic rings. The molecule has 0 heteroatoms. The first-order valence-corrected chi connectivity index (χ1v) is 4.69. The molecule has 0 amide bonds. The Morgan fingerprint density at radius 1 is 1.38 bits per heavy atom. The number of benzene rings is 1. The average Bonchev–Trinajstić information content (AvgIpc) is 2.18. The molecule has 0 heterocycles. The van der Waals surface area contributed by atoms with Crippen LogP contribution in [0.15, 0.2) is 36.9 Å². The first kappa shape index (κ1) is 9.79. The first-order valence-electron chi connectivity index (χ1n) is 4.69. The van der Waals surface area contributed by atoms with Crippen molar-refractivity contribution in [2.45, 2.75) is 20.3 Å². The Hall–Kier alpha value is -1.30. The highest BCUT2D eigenvalue weighted by atomic mass is 14.0. The zero-order valence-corrected chi connectivity index (χ0v) is 8.38. The normalized spacial score (nSPS) is 10.6. The third-order valence-corrected chi connectivity index (χ3v) is 2.11. The van der Waals surface area contributed by atoms with E-state index < -0.39 is 0 Å². The van der Waals surface area contributed by atoms with Crippen LogP contribution in [0.25, 0.3) is 11.6 Å². The van der Waals surface area contributed by atoms with E-state index in [1.54, 1.807) is 0 Å². The SMILES string of the molecule is C=C(CC)c1ccccc1C=CC. The number of rotatable bonds is 3. The van der Waals surface area contributed by atoms with Gasteiger partial charge in [0.1, 0.15) is 0 Å². The standard InChI is InChI=1S/C13H16/c1-4-8-12-9-6-7-10-13(12)11(3)5-2/h4,6-10H,3,5H2,1-2H3. The molecule has 0 bridgehead atoms. The van der Waals surface area contributed by atoms with Gasteiger partial charge in [-0.2, -0.15) is 0 Å². The Balaban J connectivity index is 3.11. The second-order valence-corrected chi connectivity index (χ2v) is 3.04. The molecule has 0 nitrogen and oxygen atoms in total. The van der Waals surface area contributed by atoms with Crippen LogP contribution in [-0.4, -0.2) is 0 Å². The molecule has 1 aromatic carbocycles. The van der Waals surface area contributed by atoms with Gasteiger partial charge in [0.25, 0.3) is 0 Å². The fourth-order valence-electron chi connectivity index (χ4n) is 1.33. The molecule has 0 aliphatic heterocycles. The van der Waals surface area contributed by atoms with Crippen molar-refractivity contribution in [2.24, 2.45) is 0 Å². The van der Waals surface area contributed by atoms with Crippen LogP contribution >= 0.6 is 0 Å². The zero-order chi connectivity index (χ0) is 9.68. The van der Waals surface area contributed by atoms with Gasteiger partial charge in [0, 0.05) is 0 Å². The molecule has 0 fully saturated rings. The summed E-state index contributed by atoms with van der Waals surface area (Å²) in [5.41, 5.74) is 3.73. The first-order chi connectivity index (χ1) is 6.29. The monoisotopic (exact) mass is 172 g/mol. The summed E-state index contributed by atoms with van der Waals surface area (Å²) < 4.78 is 0. The van der Waals surface area contributed by atoms with Crippen molar-refractivity contribution in [2.75, 3.05) is 0 Å². The minimum atomic E-state index is 1.01. The molecular weight excluding hydrogens is 156 g/mol. The van der Waals surface area contributed by atoms with Gasteiger partial charge in [0.05, 0.1) is 0 Å². The largest absolute Gasteiger partial charge is 0.0952 e. The topological polar surface area (TPSA) is 0 Å². The van der Waals surface area contributed by atoms with E-state index >= 15 is 0 Å². The molecule has 0 saturated carbocycles. The van der Waals surface area contributed by atoms with E-state index in [-0.39, 0.29) is 0 Å². The van der Waals surface area contributed by atoms with Crippen molar-refractivity contribution in [1.29, 1.82) is 0 Å². The molecule has 1 rings (SSSR count). The molecule has 0 unspecified atom stereocenters. The van der Waals surface area contributed by atoms with Crippen LogP contribution in [0.4, 0.5) is 0 Å². The lowest BCUT2D eigenvalue weighted by Crippen LogP contribution is -1.85. The van der Waals surface area contributed by atoms with E-state index in [0.29, 0.717) is 0 Å². The summed E-state index contributed by atoms with van der Waals surface area (Å²) in [6, 6.07) is 8.36. The molecule has 0 N–H and O–H groups in total.